The van der Waals surface area contributed by atoms with Gasteiger partial charge < -0.3 is 5.32 Å². The van der Waals surface area contributed by atoms with Crippen molar-refractivity contribution < 1.29 is 13.2 Å². The molecule has 0 saturated heterocycles. The Kier molecular flexibility index (Phi) is 4.14. The number of halogens is 5. The number of anilines is 2. The lowest BCUT2D eigenvalue weighted by atomic mass is 10.2. The molecular formula is C11H6ClF3IN3. The number of nitrogens with one attached hydrogen (secondary N) is 1. The van der Waals surface area contributed by atoms with Crippen molar-refractivity contribution in [2.45, 2.75) is 6.18 Å². The molecule has 1 aromatic heterocycles. The first-order chi connectivity index (χ1) is 8.86. The third-order valence-electron chi connectivity index (χ3n) is 2.16. The summed E-state index contributed by atoms with van der Waals surface area (Å²) in [7, 11) is 0. The van der Waals surface area contributed by atoms with E-state index in [9.17, 15) is 13.2 Å². The van der Waals surface area contributed by atoms with Crippen molar-refractivity contribution in [2.24, 2.45) is 0 Å². The Morgan fingerprint density at radius 2 is 1.95 bits per heavy atom. The summed E-state index contributed by atoms with van der Waals surface area (Å²) >= 11 is 7.67. The minimum Gasteiger partial charge on any atom is -0.339 e. The number of hydrogen-bond acceptors (Lipinski definition) is 3. The molecule has 0 radical (unpaired) electrons. The molecule has 2 aromatic rings. The molecule has 100 valence electrons. The second-order valence-corrected chi connectivity index (χ2v) is 5.17. The van der Waals surface area contributed by atoms with Crippen LogP contribution < -0.4 is 5.32 Å². The maximum absolute atomic E-state index is 12.7. The average molecular weight is 400 g/mol. The number of aromatic nitrogens is 2. The van der Waals surface area contributed by atoms with Crippen LogP contribution in [0.3, 0.4) is 0 Å². The first-order valence-electron chi connectivity index (χ1n) is 4.96. The van der Waals surface area contributed by atoms with Crippen molar-refractivity contribution in [1.29, 1.82) is 0 Å². The molecule has 0 aliphatic carbocycles. The SMILES string of the molecule is FC(F)(F)c1cc(Cl)cc(Nc2ncncc2I)c1. The Bertz CT molecular complexity index is 604. The van der Waals surface area contributed by atoms with Crippen LogP contribution in [0.1, 0.15) is 5.56 Å². The highest BCUT2D eigenvalue weighted by atomic mass is 127. The summed E-state index contributed by atoms with van der Waals surface area (Å²) in [6.45, 7) is 0. The van der Waals surface area contributed by atoms with E-state index in [0.29, 0.717) is 9.39 Å². The fourth-order valence-corrected chi connectivity index (χ4v) is 2.04. The second-order valence-electron chi connectivity index (χ2n) is 3.57. The van der Waals surface area contributed by atoms with Gasteiger partial charge in [0.2, 0.25) is 0 Å². The van der Waals surface area contributed by atoms with Crippen molar-refractivity contribution in [2.75, 3.05) is 5.32 Å². The first kappa shape index (κ1) is 14.3. The lowest BCUT2D eigenvalue weighted by Crippen LogP contribution is -2.06. The summed E-state index contributed by atoms with van der Waals surface area (Å²) in [4.78, 5) is 7.74. The average Bonchev–Trinajstić information content (AvgIpc) is 2.30. The Morgan fingerprint density at radius 1 is 1.21 bits per heavy atom. The largest absolute Gasteiger partial charge is 0.416 e. The molecule has 1 aromatic carbocycles. The molecule has 0 amide bonds. The molecule has 2 rings (SSSR count). The van der Waals surface area contributed by atoms with Crippen molar-refractivity contribution in [1.82, 2.24) is 9.97 Å². The Labute approximate surface area is 125 Å². The van der Waals surface area contributed by atoms with Gasteiger partial charge in [-0.1, -0.05) is 11.6 Å². The molecule has 0 atom stereocenters. The zero-order valence-electron chi connectivity index (χ0n) is 9.17. The van der Waals surface area contributed by atoms with Gasteiger partial charge in [0.1, 0.15) is 12.1 Å². The van der Waals surface area contributed by atoms with Crippen LogP contribution in [0, 0.1) is 3.57 Å². The first-order valence-corrected chi connectivity index (χ1v) is 6.42. The lowest BCUT2D eigenvalue weighted by Gasteiger charge is -2.11. The van der Waals surface area contributed by atoms with Crippen LogP contribution in [0.2, 0.25) is 5.02 Å². The van der Waals surface area contributed by atoms with Crippen LogP contribution in [-0.2, 0) is 6.18 Å². The summed E-state index contributed by atoms with van der Waals surface area (Å²) in [5.41, 5.74) is -0.594. The smallest absolute Gasteiger partial charge is 0.339 e. The van der Waals surface area contributed by atoms with E-state index in [-0.39, 0.29) is 10.7 Å². The molecule has 0 bridgehead atoms. The van der Waals surface area contributed by atoms with E-state index in [1.54, 1.807) is 6.20 Å². The standard InChI is InChI=1S/C11H6ClF3IN3/c12-7-1-6(11(13,14)15)2-8(3-7)19-10-9(16)4-17-5-18-10/h1-5H,(H,17,18,19). The van der Waals surface area contributed by atoms with Crippen LogP contribution in [0.25, 0.3) is 0 Å². The molecule has 1 heterocycles. The summed E-state index contributed by atoms with van der Waals surface area (Å²) in [6.07, 6.45) is -1.59. The van der Waals surface area contributed by atoms with Gasteiger partial charge in [0, 0.05) is 16.9 Å². The van der Waals surface area contributed by atoms with Crippen LogP contribution in [0.5, 0.6) is 0 Å². The maximum atomic E-state index is 12.7. The highest BCUT2D eigenvalue weighted by molar-refractivity contribution is 14.1. The van der Waals surface area contributed by atoms with Crippen LogP contribution in [0.4, 0.5) is 24.7 Å². The molecule has 0 fully saturated rings. The van der Waals surface area contributed by atoms with Crippen molar-refractivity contribution in [3.63, 3.8) is 0 Å². The van der Waals surface area contributed by atoms with E-state index < -0.39 is 11.7 Å². The van der Waals surface area contributed by atoms with E-state index in [2.05, 4.69) is 15.3 Å². The van der Waals surface area contributed by atoms with Gasteiger partial charge in [0.05, 0.1) is 9.13 Å². The van der Waals surface area contributed by atoms with Crippen LogP contribution >= 0.6 is 34.2 Å². The molecule has 0 aliphatic rings. The fraction of sp³-hybridized carbons (Fsp3) is 0.0909. The quantitative estimate of drug-likeness (QED) is 0.756. The Hall–Kier alpha value is -1.09. The maximum Gasteiger partial charge on any atom is 0.416 e. The third-order valence-corrected chi connectivity index (χ3v) is 3.16. The number of rotatable bonds is 2. The van der Waals surface area contributed by atoms with Gasteiger partial charge in [-0.05, 0) is 40.8 Å². The van der Waals surface area contributed by atoms with E-state index in [4.69, 9.17) is 11.6 Å². The predicted molar refractivity (Wildman–Crippen MR) is 74.5 cm³/mol. The van der Waals surface area contributed by atoms with Gasteiger partial charge >= 0.3 is 6.18 Å². The predicted octanol–water partition coefficient (Wildman–Crippen LogP) is 4.50. The molecule has 0 aliphatic heterocycles. The van der Waals surface area contributed by atoms with Gasteiger partial charge in [-0.25, -0.2) is 9.97 Å². The molecular weight excluding hydrogens is 393 g/mol. The summed E-state index contributed by atoms with van der Waals surface area (Å²) in [5.74, 6) is 0.422. The van der Waals surface area contributed by atoms with Gasteiger partial charge in [-0.3, -0.25) is 0 Å². The Morgan fingerprint density at radius 3 is 2.58 bits per heavy atom. The molecule has 0 saturated carbocycles. The Balaban J connectivity index is 2.36. The summed E-state index contributed by atoms with van der Waals surface area (Å²) in [5, 5.41) is 2.78. The van der Waals surface area contributed by atoms with E-state index in [1.165, 1.54) is 12.4 Å². The minimum absolute atomic E-state index is 0.00129. The molecule has 19 heavy (non-hydrogen) atoms. The fourth-order valence-electron chi connectivity index (χ4n) is 1.37. The number of nitrogens with zero attached hydrogens (tertiary/aromatic N) is 2. The molecule has 0 unspecified atom stereocenters. The lowest BCUT2D eigenvalue weighted by molar-refractivity contribution is -0.137. The highest BCUT2D eigenvalue weighted by Crippen LogP contribution is 2.34. The molecule has 3 nitrogen and oxygen atoms in total. The van der Waals surface area contributed by atoms with Crippen molar-refractivity contribution in [3.05, 3.63) is 44.9 Å². The van der Waals surface area contributed by atoms with Crippen molar-refractivity contribution in [3.8, 4) is 0 Å². The summed E-state index contributed by atoms with van der Waals surface area (Å²) < 4.78 is 38.6. The van der Waals surface area contributed by atoms with E-state index in [0.717, 1.165) is 12.1 Å². The van der Waals surface area contributed by atoms with Crippen molar-refractivity contribution >= 4 is 45.7 Å². The second kappa shape index (κ2) is 5.49. The molecule has 1 N–H and O–H groups in total. The number of benzene rings is 1. The molecule has 0 spiro atoms. The zero-order valence-corrected chi connectivity index (χ0v) is 12.1. The minimum atomic E-state index is -4.44. The van der Waals surface area contributed by atoms with Gasteiger partial charge in [-0.2, -0.15) is 13.2 Å². The van der Waals surface area contributed by atoms with Gasteiger partial charge in [0.15, 0.2) is 0 Å². The van der Waals surface area contributed by atoms with Gasteiger partial charge in [0.25, 0.3) is 0 Å². The third kappa shape index (κ3) is 3.69. The van der Waals surface area contributed by atoms with Gasteiger partial charge in [-0.15, -0.1) is 0 Å². The van der Waals surface area contributed by atoms with E-state index in [1.807, 2.05) is 22.6 Å². The normalized spacial score (nSPS) is 11.4. The molecule has 8 heteroatoms. The highest BCUT2D eigenvalue weighted by Gasteiger charge is 2.31. The monoisotopic (exact) mass is 399 g/mol. The summed E-state index contributed by atoms with van der Waals surface area (Å²) in [6, 6.07) is 3.25. The van der Waals surface area contributed by atoms with Crippen LogP contribution in [0.15, 0.2) is 30.7 Å². The van der Waals surface area contributed by atoms with E-state index >= 15 is 0 Å². The number of hydrogen-bond donors (Lipinski definition) is 1. The van der Waals surface area contributed by atoms with Crippen LogP contribution in [-0.4, -0.2) is 9.97 Å². The zero-order chi connectivity index (χ0) is 14.0. The number of alkyl halides is 3. The topological polar surface area (TPSA) is 37.8 Å².